The summed E-state index contributed by atoms with van der Waals surface area (Å²) in [7, 11) is -3.58. The summed E-state index contributed by atoms with van der Waals surface area (Å²) >= 11 is 0. The lowest BCUT2D eigenvalue weighted by Gasteiger charge is -2.06. The Labute approximate surface area is 117 Å². The van der Waals surface area contributed by atoms with E-state index in [0.717, 1.165) is 12.5 Å². The summed E-state index contributed by atoms with van der Waals surface area (Å²) in [5.41, 5.74) is 0.428. The molecule has 0 unspecified atom stereocenters. The van der Waals surface area contributed by atoms with Crippen molar-refractivity contribution in [3.63, 3.8) is 0 Å². The second-order valence-electron chi connectivity index (χ2n) is 4.76. The summed E-state index contributed by atoms with van der Waals surface area (Å²) in [6, 6.07) is 1.39. The van der Waals surface area contributed by atoms with Crippen molar-refractivity contribution < 1.29 is 18.3 Å². The van der Waals surface area contributed by atoms with Gasteiger partial charge in [0.1, 0.15) is 4.90 Å². The van der Waals surface area contributed by atoms with Gasteiger partial charge in [-0.05, 0) is 30.0 Å². The minimum absolute atomic E-state index is 0.0424. The van der Waals surface area contributed by atoms with Gasteiger partial charge in [-0.15, -0.1) is 0 Å². The molecule has 0 aliphatic heterocycles. The number of pyridine rings is 1. The average Bonchev–Trinajstić information content (AvgIpc) is 3.21. The highest BCUT2D eigenvalue weighted by molar-refractivity contribution is 7.89. The van der Waals surface area contributed by atoms with Crippen LogP contribution in [0.15, 0.2) is 29.4 Å². The Hall–Kier alpha value is -1.73. The molecule has 1 aromatic rings. The molecule has 0 radical (unpaired) electrons. The number of hydrogen-bond donors (Lipinski definition) is 2. The molecule has 1 aromatic heterocycles. The van der Waals surface area contributed by atoms with E-state index in [1.54, 1.807) is 0 Å². The third-order valence-electron chi connectivity index (χ3n) is 3.00. The maximum Gasteiger partial charge on any atom is 0.328 e. The molecule has 1 aliphatic carbocycles. The normalized spacial score (nSPS) is 15.6. The number of hydrogen-bond acceptors (Lipinski definition) is 4. The lowest BCUT2D eigenvalue weighted by molar-refractivity contribution is -0.131. The van der Waals surface area contributed by atoms with Crippen LogP contribution in [0.3, 0.4) is 0 Å². The average molecular weight is 296 g/mol. The third kappa shape index (κ3) is 4.43. The van der Waals surface area contributed by atoms with E-state index in [2.05, 4.69) is 9.71 Å². The molecule has 0 bridgehead atoms. The van der Waals surface area contributed by atoms with E-state index >= 15 is 0 Å². The van der Waals surface area contributed by atoms with Crippen molar-refractivity contribution in [3.8, 4) is 0 Å². The monoisotopic (exact) mass is 296 g/mol. The highest BCUT2D eigenvalue weighted by atomic mass is 32.2. The topological polar surface area (TPSA) is 96.4 Å². The van der Waals surface area contributed by atoms with E-state index in [1.807, 2.05) is 0 Å². The minimum Gasteiger partial charge on any atom is -0.478 e. The molecular weight excluding hydrogens is 280 g/mol. The molecule has 2 N–H and O–H groups in total. The van der Waals surface area contributed by atoms with Crippen LogP contribution in [-0.4, -0.2) is 31.0 Å². The summed E-state index contributed by atoms with van der Waals surface area (Å²) in [5, 5.41) is 8.54. The van der Waals surface area contributed by atoms with Crippen molar-refractivity contribution in [2.45, 2.75) is 24.2 Å². The fraction of sp³-hybridized carbons (Fsp3) is 0.385. The van der Waals surface area contributed by atoms with Crippen molar-refractivity contribution in [3.05, 3.63) is 30.1 Å². The predicted molar refractivity (Wildman–Crippen MR) is 73.4 cm³/mol. The zero-order chi connectivity index (χ0) is 14.6. The first-order chi connectivity index (χ1) is 9.47. The molecule has 2 rings (SSSR count). The van der Waals surface area contributed by atoms with Gasteiger partial charge in [-0.25, -0.2) is 17.9 Å². The fourth-order valence-corrected chi connectivity index (χ4v) is 2.77. The zero-order valence-corrected chi connectivity index (χ0v) is 11.6. The van der Waals surface area contributed by atoms with Crippen molar-refractivity contribution in [2.24, 2.45) is 5.92 Å². The second-order valence-corrected chi connectivity index (χ2v) is 6.52. The summed E-state index contributed by atoms with van der Waals surface area (Å²) in [6.07, 6.45) is 8.11. The van der Waals surface area contributed by atoms with Gasteiger partial charge in [-0.1, -0.05) is 12.8 Å². The molecule has 7 heteroatoms. The Morgan fingerprint density at radius 2 is 2.20 bits per heavy atom. The number of rotatable bonds is 7. The SMILES string of the molecule is O=C(O)C=Cc1cncc(S(=O)(=O)NCCC2CC2)c1. The maximum atomic E-state index is 12.0. The summed E-state index contributed by atoms with van der Waals surface area (Å²) in [4.78, 5) is 14.3. The van der Waals surface area contributed by atoms with Crippen LogP contribution in [0, 0.1) is 5.92 Å². The van der Waals surface area contributed by atoms with Crippen LogP contribution in [0.2, 0.25) is 0 Å². The Morgan fingerprint density at radius 3 is 2.85 bits per heavy atom. The van der Waals surface area contributed by atoms with E-state index in [1.165, 1.54) is 37.4 Å². The zero-order valence-electron chi connectivity index (χ0n) is 10.8. The van der Waals surface area contributed by atoms with Crippen LogP contribution < -0.4 is 4.72 Å². The molecule has 0 aromatic carbocycles. The molecule has 108 valence electrons. The van der Waals surface area contributed by atoms with Crippen molar-refractivity contribution in [1.29, 1.82) is 0 Å². The van der Waals surface area contributed by atoms with Gasteiger partial charge in [0, 0.05) is 25.0 Å². The molecule has 6 nitrogen and oxygen atoms in total. The Kier molecular flexibility index (Phi) is 4.51. The lowest BCUT2D eigenvalue weighted by atomic mass is 10.2. The first-order valence-electron chi connectivity index (χ1n) is 6.33. The molecule has 1 fully saturated rings. The number of nitrogens with one attached hydrogen (secondary N) is 1. The molecule has 0 amide bonds. The van der Waals surface area contributed by atoms with E-state index in [4.69, 9.17) is 5.11 Å². The first-order valence-corrected chi connectivity index (χ1v) is 7.81. The standard InChI is InChI=1S/C13H16N2O4S/c16-13(17)4-3-11-7-12(9-14-8-11)20(18,19)15-6-5-10-1-2-10/h3-4,7-10,15H,1-2,5-6H2,(H,16,17). The van der Waals surface area contributed by atoms with Crippen LogP contribution in [-0.2, 0) is 14.8 Å². The van der Waals surface area contributed by atoms with Gasteiger partial charge in [0.05, 0.1) is 0 Å². The van der Waals surface area contributed by atoms with Crippen LogP contribution in [0.1, 0.15) is 24.8 Å². The Morgan fingerprint density at radius 1 is 1.45 bits per heavy atom. The van der Waals surface area contributed by atoms with Crippen LogP contribution >= 0.6 is 0 Å². The van der Waals surface area contributed by atoms with E-state index in [-0.39, 0.29) is 4.90 Å². The lowest BCUT2D eigenvalue weighted by Crippen LogP contribution is -2.25. The minimum atomic E-state index is -3.58. The quantitative estimate of drug-likeness (QED) is 0.738. The number of carboxylic acids is 1. The molecule has 1 saturated carbocycles. The molecule has 20 heavy (non-hydrogen) atoms. The summed E-state index contributed by atoms with van der Waals surface area (Å²) in [6.45, 7) is 0.419. The largest absolute Gasteiger partial charge is 0.478 e. The van der Waals surface area contributed by atoms with Gasteiger partial charge < -0.3 is 5.11 Å². The van der Waals surface area contributed by atoms with E-state index in [9.17, 15) is 13.2 Å². The van der Waals surface area contributed by atoms with Gasteiger partial charge >= 0.3 is 5.97 Å². The molecule has 1 aliphatic rings. The highest BCUT2D eigenvalue weighted by Gasteiger charge is 2.22. The number of sulfonamides is 1. The summed E-state index contributed by atoms with van der Waals surface area (Å²) < 4.78 is 26.6. The number of carbonyl (C=O) groups is 1. The maximum absolute atomic E-state index is 12.0. The van der Waals surface area contributed by atoms with Gasteiger partial charge in [-0.2, -0.15) is 0 Å². The number of aromatic nitrogens is 1. The van der Waals surface area contributed by atoms with Crippen LogP contribution in [0.4, 0.5) is 0 Å². The van der Waals surface area contributed by atoms with Crippen molar-refractivity contribution in [2.75, 3.05) is 6.54 Å². The fourth-order valence-electron chi connectivity index (χ4n) is 1.73. The number of aliphatic carboxylic acids is 1. The van der Waals surface area contributed by atoms with Gasteiger partial charge in [0.2, 0.25) is 10.0 Å². The molecule has 0 atom stereocenters. The second kappa shape index (κ2) is 6.15. The number of carboxylic acid groups (broad SMARTS) is 1. The molecule has 1 heterocycles. The molecular formula is C13H16N2O4S. The van der Waals surface area contributed by atoms with Crippen LogP contribution in [0.25, 0.3) is 6.08 Å². The predicted octanol–water partition coefficient (Wildman–Crippen LogP) is 1.26. The van der Waals surface area contributed by atoms with Crippen molar-refractivity contribution in [1.82, 2.24) is 9.71 Å². The molecule has 0 saturated heterocycles. The smallest absolute Gasteiger partial charge is 0.328 e. The third-order valence-corrected chi connectivity index (χ3v) is 4.43. The van der Waals surface area contributed by atoms with E-state index < -0.39 is 16.0 Å². The molecule has 0 spiro atoms. The van der Waals surface area contributed by atoms with Gasteiger partial charge in [-0.3, -0.25) is 4.98 Å². The van der Waals surface area contributed by atoms with Crippen molar-refractivity contribution >= 4 is 22.1 Å². The Bertz CT molecular complexity index is 621. The van der Waals surface area contributed by atoms with E-state index in [0.29, 0.717) is 18.0 Å². The highest BCUT2D eigenvalue weighted by Crippen LogP contribution is 2.31. The summed E-state index contributed by atoms with van der Waals surface area (Å²) in [5.74, 6) is -0.443. The van der Waals surface area contributed by atoms with Gasteiger partial charge in [0.15, 0.2) is 0 Å². The van der Waals surface area contributed by atoms with Crippen LogP contribution in [0.5, 0.6) is 0 Å². The number of nitrogens with zero attached hydrogens (tertiary/aromatic N) is 1. The Balaban J connectivity index is 2.05. The first kappa shape index (κ1) is 14.7. The van der Waals surface area contributed by atoms with Gasteiger partial charge in [0.25, 0.3) is 0 Å².